The van der Waals surface area contributed by atoms with Crippen LogP contribution in [0.15, 0.2) is 72.8 Å². The van der Waals surface area contributed by atoms with E-state index >= 15 is 0 Å². The summed E-state index contributed by atoms with van der Waals surface area (Å²) >= 11 is 0. The molecule has 3 aromatic rings. The molecule has 6 heteroatoms. The van der Waals surface area contributed by atoms with Crippen LogP contribution in [0.4, 0.5) is 0 Å². The number of hydrogen-bond donors (Lipinski definition) is 1. The minimum atomic E-state index is -0.625. The maximum absolute atomic E-state index is 12.4. The zero-order valence-electron chi connectivity index (χ0n) is 32.4. The van der Waals surface area contributed by atoms with Crippen molar-refractivity contribution in [1.29, 1.82) is 0 Å². The van der Waals surface area contributed by atoms with E-state index in [1.807, 2.05) is 12.1 Å². The van der Waals surface area contributed by atoms with Crippen LogP contribution in [-0.2, 0) is 15.6 Å². The Balaban J connectivity index is 0.000000259. The van der Waals surface area contributed by atoms with Gasteiger partial charge in [-0.15, -0.1) is 5.75 Å². The topological polar surface area (TPSA) is 60.4 Å². The summed E-state index contributed by atoms with van der Waals surface area (Å²) in [7, 11) is -0.625. The van der Waals surface area contributed by atoms with Crippen molar-refractivity contribution in [3.05, 3.63) is 94.8 Å². The van der Waals surface area contributed by atoms with Crippen molar-refractivity contribution in [2.24, 2.45) is 0 Å². The number of aryl methyl sites for hydroxylation is 1. The van der Waals surface area contributed by atoms with Gasteiger partial charge < -0.3 is 14.8 Å². The van der Waals surface area contributed by atoms with E-state index in [1.54, 1.807) is 0 Å². The molecule has 0 unspecified atom stereocenters. The Kier molecular flexibility index (Phi) is 17.8. The number of nitrogens with one attached hydrogen (secondary N) is 1. The third kappa shape index (κ3) is 13.6. The Morgan fingerprint density at radius 2 is 1.12 bits per heavy atom. The van der Waals surface area contributed by atoms with E-state index in [-0.39, 0.29) is 39.6 Å². The van der Waals surface area contributed by atoms with E-state index in [0.717, 1.165) is 24.3 Å². The Morgan fingerprint density at radius 3 is 1.52 bits per heavy atom. The van der Waals surface area contributed by atoms with Crippen molar-refractivity contribution in [3.63, 3.8) is 0 Å². The first-order valence-corrected chi connectivity index (χ1v) is 20.4. The van der Waals surface area contributed by atoms with Crippen molar-refractivity contribution < 1.29 is 14.8 Å². The van der Waals surface area contributed by atoms with E-state index < -0.39 is 7.92 Å². The molecule has 0 bridgehead atoms. The van der Waals surface area contributed by atoms with Gasteiger partial charge >= 0.3 is 23.1 Å². The number of nitrogens with zero attached hydrogens (tertiary/aromatic N) is 1. The first-order chi connectivity index (χ1) is 23.4. The van der Waals surface area contributed by atoms with Crippen LogP contribution in [0.3, 0.4) is 0 Å². The molecule has 0 spiro atoms. The monoisotopic (exact) mass is 707 g/mol. The van der Waals surface area contributed by atoms with E-state index in [1.165, 1.54) is 98.8 Å². The van der Waals surface area contributed by atoms with Gasteiger partial charge in [0.05, 0.1) is 6.04 Å². The maximum Gasteiger partial charge on any atom is 2.00 e. The van der Waals surface area contributed by atoms with E-state index in [9.17, 15) is 5.11 Å². The molecule has 0 amide bonds. The van der Waals surface area contributed by atoms with E-state index in [2.05, 4.69) is 114 Å². The maximum atomic E-state index is 12.4. The zero-order chi connectivity index (χ0) is 35.3. The quantitative estimate of drug-likeness (QED) is 0.125. The first kappa shape index (κ1) is 42.5. The fourth-order valence-corrected chi connectivity index (χ4v) is 9.24. The van der Waals surface area contributed by atoms with E-state index in [4.69, 9.17) is 10.1 Å². The number of benzene rings is 3. The average Bonchev–Trinajstić information content (AvgIpc) is 3.68. The molecule has 268 valence electrons. The molecule has 2 saturated carbocycles. The molecule has 3 fully saturated rings. The summed E-state index contributed by atoms with van der Waals surface area (Å²) < 4.78 is 4.94. The second-order valence-electron chi connectivity index (χ2n) is 16.2. The van der Waals surface area contributed by atoms with Crippen LogP contribution in [0.25, 0.3) is 5.32 Å². The molecule has 1 N–H and O–H groups in total. The summed E-state index contributed by atoms with van der Waals surface area (Å²) in [5.41, 5.74) is 4.14. The van der Waals surface area contributed by atoms with Crippen LogP contribution >= 0.6 is 7.92 Å². The summed E-state index contributed by atoms with van der Waals surface area (Å²) in [6.45, 7) is 16.6. The second-order valence-corrected chi connectivity index (χ2v) is 18.4. The van der Waals surface area contributed by atoms with Crippen LogP contribution in [0.5, 0.6) is 5.75 Å². The molecule has 50 heavy (non-hydrogen) atoms. The molecule has 3 aromatic carbocycles. The largest absolute Gasteiger partial charge is 2.00 e. The van der Waals surface area contributed by atoms with Crippen LogP contribution in [0, 0.1) is 6.92 Å². The SMILES string of the molecule is C1CCOC1.Cc1cc(C(C)(C)C)c([O-])c(C(C)(C)C)c1.[Mg+2].c1ccc(P(C([N-]C2CCCCC2)=[NH+]C2CCCCC2)c2ccccc2)cc1. The molecule has 1 heterocycles. The van der Waals surface area contributed by atoms with Crippen LogP contribution in [0.1, 0.15) is 135 Å². The van der Waals surface area contributed by atoms with Crippen LogP contribution < -0.4 is 20.7 Å². The number of ether oxygens (including phenoxy) is 1. The Morgan fingerprint density at radius 1 is 0.680 bits per heavy atom. The molecule has 0 radical (unpaired) electrons. The van der Waals surface area contributed by atoms with Gasteiger partial charge in [-0.2, -0.15) is 0 Å². The van der Waals surface area contributed by atoms with Crippen LogP contribution in [0.2, 0.25) is 0 Å². The fraction of sp³-hybridized carbons (Fsp3) is 0.568. The third-order valence-corrected chi connectivity index (χ3v) is 12.0. The number of rotatable bonds is 5. The first-order valence-electron chi connectivity index (χ1n) is 19.1. The fourth-order valence-electron chi connectivity index (χ4n) is 6.92. The molecular weight excluding hydrogens is 644 g/mol. The summed E-state index contributed by atoms with van der Waals surface area (Å²) in [4.78, 5) is 3.98. The summed E-state index contributed by atoms with van der Waals surface area (Å²) in [6.07, 6.45) is 15.8. The standard InChI is InChI=1S/C25H32N2P.C15H24O.C4H8O.Mg/c1-5-13-21(14-6-1)26-25(27-22-15-7-2-8-16-22)28(23-17-9-3-10-18-23)24-19-11-4-12-20-24;1-10-8-11(14(2,3)4)13(16)12(9-10)15(5,6)7;1-2-4-5-3-1;/h3-4,9-12,17-22H,1-2,5-8,13-16H2;8-9,16H,1-7H3;1-4H2;/q-1;;;+2. The Hall–Kier alpha value is -1.91. The van der Waals surface area contributed by atoms with Crippen molar-refractivity contribution in [1.82, 2.24) is 0 Å². The number of amidine groups is 1. The molecule has 0 aromatic heterocycles. The van der Waals surface area contributed by atoms with Gasteiger partial charge in [-0.1, -0.05) is 158 Å². The molecule has 0 atom stereocenters. The molecular formula is C44H64MgN2O2P+. The predicted molar refractivity (Wildman–Crippen MR) is 216 cm³/mol. The van der Waals surface area contributed by atoms with Gasteiger partial charge in [0.25, 0.3) is 0 Å². The van der Waals surface area contributed by atoms with Crippen LogP contribution in [-0.4, -0.2) is 53.9 Å². The minimum absolute atomic E-state index is 0. The molecule has 6 rings (SSSR count). The summed E-state index contributed by atoms with van der Waals surface area (Å²) in [6, 6.07) is 27.2. The average molecular weight is 708 g/mol. The van der Waals surface area contributed by atoms with Crippen molar-refractivity contribution >= 4 is 47.2 Å². The Bertz CT molecular complexity index is 1330. The van der Waals surface area contributed by atoms with Gasteiger partial charge in [0.2, 0.25) is 0 Å². The van der Waals surface area contributed by atoms with E-state index in [0.29, 0.717) is 12.1 Å². The normalized spacial score (nSPS) is 17.6. The van der Waals surface area contributed by atoms with Gasteiger partial charge in [-0.3, -0.25) is 5.32 Å². The van der Waals surface area contributed by atoms with Crippen molar-refractivity contribution in [2.45, 2.75) is 148 Å². The smallest absolute Gasteiger partial charge is 0.872 e. The second kappa shape index (κ2) is 21.0. The minimum Gasteiger partial charge on any atom is -0.872 e. The predicted octanol–water partition coefficient (Wildman–Crippen LogP) is 8.67. The molecule has 3 aliphatic rings. The zero-order valence-corrected chi connectivity index (χ0v) is 34.7. The molecule has 1 aliphatic heterocycles. The third-order valence-electron chi connectivity index (χ3n) is 9.74. The molecule has 1 saturated heterocycles. The molecule has 4 nitrogen and oxygen atoms in total. The van der Waals surface area contributed by atoms with Gasteiger partial charge in [0.1, 0.15) is 5.58 Å². The molecule has 2 aliphatic carbocycles. The summed E-state index contributed by atoms with van der Waals surface area (Å²) in [5, 5.41) is 20.6. The van der Waals surface area contributed by atoms with Gasteiger partial charge in [0, 0.05) is 27.2 Å². The van der Waals surface area contributed by atoms with Gasteiger partial charge in [-0.25, -0.2) is 0 Å². The summed E-state index contributed by atoms with van der Waals surface area (Å²) in [5.74, 6) is 0.214. The Labute approximate surface area is 322 Å². The van der Waals surface area contributed by atoms with Crippen molar-refractivity contribution in [2.75, 3.05) is 13.2 Å². The number of hydrogen-bond acceptors (Lipinski definition) is 2. The van der Waals surface area contributed by atoms with Crippen molar-refractivity contribution in [3.8, 4) is 5.75 Å². The van der Waals surface area contributed by atoms with Gasteiger partial charge in [-0.05, 0) is 78.0 Å². The van der Waals surface area contributed by atoms with Gasteiger partial charge in [0.15, 0.2) is 0 Å².